The summed E-state index contributed by atoms with van der Waals surface area (Å²) in [6.45, 7) is 8.54. The van der Waals surface area contributed by atoms with Crippen LogP contribution in [0.3, 0.4) is 0 Å². The molecule has 0 aliphatic heterocycles. The van der Waals surface area contributed by atoms with Crippen LogP contribution in [-0.2, 0) is 10.3 Å². The van der Waals surface area contributed by atoms with E-state index >= 15 is 0 Å². The lowest BCUT2D eigenvalue weighted by atomic mass is 10.0. The Morgan fingerprint density at radius 3 is 2.53 bits per heavy atom. The summed E-state index contributed by atoms with van der Waals surface area (Å²) in [5.74, 6) is 0.664. The van der Waals surface area contributed by atoms with Crippen LogP contribution in [0.4, 0.5) is 0 Å². The fourth-order valence-corrected chi connectivity index (χ4v) is 1.65. The standard InChI is InChI=1S/C11H17ClN2O/c1-5-11(4,15-6-2)10-13-8(3)7-9(12)14-10/h7H,5-6H2,1-4H3. The van der Waals surface area contributed by atoms with Crippen molar-refractivity contribution in [1.82, 2.24) is 9.97 Å². The van der Waals surface area contributed by atoms with E-state index in [9.17, 15) is 0 Å². The molecular formula is C11H17ClN2O. The molecule has 0 aromatic carbocycles. The zero-order valence-electron chi connectivity index (χ0n) is 9.67. The molecule has 0 fully saturated rings. The maximum Gasteiger partial charge on any atom is 0.161 e. The van der Waals surface area contributed by atoms with Crippen molar-refractivity contribution in [3.63, 3.8) is 0 Å². The van der Waals surface area contributed by atoms with Gasteiger partial charge in [-0.15, -0.1) is 0 Å². The first-order valence-electron chi connectivity index (χ1n) is 5.17. The van der Waals surface area contributed by atoms with E-state index in [2.05, 4.69) is 16.9 Å². The number of halogens is 1. The van der Waals surface area contributed by atoms with Crippen LogP contribution in [0.1, 0.15) is 38.7 Å². The van der Waals surface area contributed by atoms with Crippen molar-refractivity contribution in [1.29, 1.82) is 0 Å². The lowest BCUT2D eigenvalue weighted by molar-refractivity contribution is -0.0391. The second-order valence-corrected chi connectivity index (χ2v) is 4.06. The molecule has 0 aliphatic carbocycles. The summed E-state index contributed by atoms with van der Waals surface area (Å²) in [6.07, 6.45) is 0.820. The van der Waals surface area contributed by atoms with E-state index in [0.717, 1.165) is 12.1 Å². The number of hydrogen-bond donors (Lipinski definition) is 0. The first-order valence-corrected chi connectivity index (χ1v) is 5.55. The van der Waals surface area contributed by atoms with Crippen LogP contribution in [0.2, 0.25) is 5.15 Å². The first kappa shape index (κ1) is 12.4. The molecule has 1 heterocycles. The lowest BCUT2D eigenvalue weighted by Crippen LogP contribution is -2.28. The molecule has 0 amide bonds. The first-order chi connectivity index (χ1) is 7.01. The van der Waals surface area contributed by atoms with E-state index in [4.69, 9.17) is 16.3 Å². The van der Waals surface area contributed by atoms with Gasteiger partial charge in [0, 0.05) is 12.3 Å². The minimum Gasteiger partial charge on any atom is -0.368 e. The summed E-state index contributed by atoms with van der Waals surface area (Å²) in [7, 11) is 0. The lowest BCUT2D eigenvalue weighted by Gasteiger charge is -2.26. The van der Waals surface area contributed by atoms with Crippen LogP contribution in [-0.4, -0.2) is 16.6 Å². The molecule has 84 valence electrons. The Bertz CT molecular complexity index is 323. The Morgan fingerprint density at radius 2 is 2.07 bits per heavy atom. The van der Waals surface area contributed by atoms with E-state index in [-0.39, 0.29) is 0 Å². The maximum absolute atomic E-state index is 5.91. The molecule has 0 saturated carbocycles. The van der Waals surface area contributed by atoms with Crippen molar-refractivity contribution in [3.8, 4) is 0 Å². The molecule has 0 radical (unpaired) electrons. The molecule has 0 N–H and O–H groups in total. The van der Waals surface area contributed by atoms with Crippen LogP contribution >= 0.6 is 11.6 Å². The fraction of sp³-hybridized carbons (Fsp3) is 0.636. The topological polar surface area (TPSA) is 35.0 Å². The van der Waals surface area contributed by atoms with Crippen LogP contribution < -0.4 is 0 Å². The summed E-state index contributed by atoms with van der Waals surface area (Å²) in [4.78, 5) is 8.60. The molecule has 15 heavy (non-hydrogen) atoms. The zero-order valence-corrected chi connectivity index (χ0v) is 10.4. The normalized spacial score (nSPS) is 15.0. The van der Waals surface area contributed by atoms with E-state index in [1.54, 1.807) is 6.07 Å². The van der Waals surface area contributed by atoms with Gasteiger partial charge in [0.1, 0.15) is 10.8 Å². The van der Waals surface area contributed by atoms with Gasteiger partial charge in [-0.2, -0.15) is 0 Å². The number of rotatable bonds is 4. The Morgan fingerprint density at radius 1 is 1.40 bits per heavy atom. The SMILES string of the molecule is CCOC(C)(CC)c1nc(C)cc(Cl)n1. The Hall–Kier alpha value is -0.670. The van der Waals surface area contributed by atoms with Crippen molar-refractivity contribution >= 4 is 11.6 Å². The van der Waals surface area contributed by atoms with Crippen LogP contribution in [0.5, 0.6) is 0 Å². The average molecular weight is 229 g/mol. The highest BCUT2D eigenvalue weighted by Crippen LogP contribution is 2.27. The molecule has 0 aliphatic rings. The van der Waals surface area contributed by atoms with Gasteiger partial charge < -0.3 is 4.74 Å². The van der Waals surface area contributed by atoms with E-state index < -0.39 is 5.60 Å². The van der Waals surface area contributed by atoms with Gasteiger partial charge in [0.2, 0.25) is 0 Å². The molecule has 0 spiro atoms. The summed E-state index contributed by atoms with van der Waals surface area (Å²) in [6, 6.07) is 1.74. The van der Waals surface area contributed by atoms with Gasteiger partial charge in [0.15, 0.2) is 5.82 Å². The Balaban J connectivity index is 3.11. The number of aromatic nitrogens is 2. The highest BCUT2D eigenvalue weighted by molar-refractivity contribution is 6.29. The molecule has 1 atom stereocenters. The summed E-state index contributed by atoms with van der Waals surface area (Å²) >= 11 is 5.91. The van der Waals surface area contributed by atoms with E-state index in [1.165, 1.54) is 0 Å². The third-order valence-electron chi connectivity index (χ3n) is 2.43. The number of ether oxygens (including phenoxy) is 1. The zero-order chi connectivity index (χ0) is 11.5. The Kier molecular flexibility index (Phi) is 4.05. The summed E-state index contributed by atoms with van der Waals surface area (Å²) in [5.41, 5.74) is 0.425. The predicted molar refractivity (Wildman–Crippen MR) is 61.0 cm³/mol. The largest absolute Gasteiger partial charge is 0.368 e. The molecule has 3 nitrogen and oxygen atoms in total. The third-order valence-corrected chi connectivity index (χ3v) is 2.63. The van der Waals surface area contributed by atoms with E-state index in [1.807, 2.05) is 20.8 Å². The predicted octanol–water partition coefficient (Wildman–Crippen LogP) is 3.10. The molecular weight excluding hydrogens is 212 g/mol. The van der Waals surface area contributed by atoms with Gasteiger partial charge in [-0.1, -0.05) is 18.5 Å². The Labute approximate surface area is 95.8 Å². The van der Waals surface area contributed by atoms with Crippen LogP contribution in [0, 0.1) is 6.92 Å². The van der Waals surface area contributed by atoms with Gasteiger partial charge in [0.05, 0.1) is 0 Å². The monoisotopic (exact) mass is 228 g/mol. The van der Waals surface area contributed by atoms with Crippen molar-refractivity contribution in [2.45, 2.75) is 39.7 Å². The number of nitrogens with zero attached hydrogens (tertiary/aromatic N) is 2. The molecule has 4 heteroatoms. The van der Waals surface area contributed by atoms with Gasteiger partial charge in [-0.3, -0.25) is 0 Å². The molecule has 1 aromatic heterocycles. The van der Waals surface area contributed by atoms with Gasteiger partial charge in [-0.25, -0.2) is 9.97 Å². The second kappa shape index (κ2) is 4.90. The van der Waals surface area contributed by atoms with Crippen LogP contribution in [0.25, 0.3) is 0 Å². The highest BCUT2D eigenvalue weighted by Gasteiger charge is 2.28. The minimum absolute atomic E-state index is 0.440. The maximum atomic E-state index is 5.91. The molecule has 1 unspecified atom stereocenters. The third kappa shape index (κ3) is 2.89. The molecule has 0 saturated heterocycles. The molecule has 1 aromatic rings. The van der Waals surface area contributed by atoms with E-state index in [0.29, 0.717) is 17.6 Å². The molecule has 1 rings (SSSR count). The van der Waals surface area contributed by atoms with Crippen molar-refractivity contribution in [2.24, 2.45) is 0 Å². The smallest absolute Gasteiger partial charge is 0.161 e. The van der Waals surface area contributed by atoms with Gasteiger partial charge in [-0.05, 0) is 33.3 Å². The average Bonchev–Trinajstić information content (AvgIpc) is 2.16. The van der Waals surface area contributed by atoms with Gasteiger partial charge >= 0.3 is 0 Å². The number of hydrogen-bond acceptors (Lipinski definition) is 3. The van der Waals surface area contributed by atoms with Crippen molar-refractivity contribution in [3.05, 3.63) is 22.7 Å². The van der Waals surface area contributed by atoms with Crippen molar-refractivity contribution in [2.75, 3.05) is 6.61 Å². The molecule has 0 bridgehead atoms. The van der Waals surface area contributed by atoms with Gasteiger partial charge in [0.25, 0.3) is 0 Å². The minimum atomic E-state index is -0.440. The summed E-state index contributed by atoms with van der Waals surface area (Å²) in [5, 5.41) is 0.469. The number of aryl methyl sites for hydroxylation is 1. The second-order valence-electron chi connectivity index (χ2n) is 3.67. The summed E-state index contributed by atoms with van der Waals surface area (Å²) < 4.78 is 5.69. The van der Waals surface area contributed by atoms with Crippen LogP contribution in [0.15, 0.2) is 6.07 Å². The van der Waals surface area contributed by atoms with Crippen molar-refractivity contribution < 1.29 is 4.74 Å². The fourth-order valence-electron chi connectivity index (χ4n) is 1.41. The quantitative estimate of drug-likeness (QED) is 0.743. The highest BCUT2D eigenvalue weighted by atomic mass is 35.5.